The van der Waals surface area contributed by atoms with Crippen LogP contribution in [0, 0.1) is 0 Å². The fourth-order valence-electron chi connectivity index (χ4n) is 2.23. The van der Waals surface area contributed by atoms with Crippen LogP contribution >= 0.6 is 0 Å². The Labute approximate surface area is 113 Å². The Morgan fingerprint density at radius 2 is 2.32 bits per heavy atom. The van der Waals surface area contributed by atoms with Gasteiger partial charge in [-0.1, -0.05) is 6.07 Å². The van der Waals surface area contributed by atoms with Gasteiger partial charge in [0.1, 0.15) is 0 Å². The lowest BCUT2D eigenvalue weighted by Crippen LogP contribution is -2.59. The highest BCUT2D eigenvalue weighted by Gasteiger charge is 2.42. The number of nitrogens with zero attached hydrogens (tertiary/aromatic N) is 2. The van der Waals surface area contributed by atoms with Crippen molar-refractivity contribution in [3.8, 4) is 0 Å². The number of hydrogen-bond donors (Lipinski definition) is 1. The molecule has 0 unspecified atom stereocenters. The second-order valence-corrected chi connectivity index (χ2v) is 5.05. The van der Waals surface area contributed by atoms with Gasteiger partial charge >= 0.3 is 0 Å². The first-order chi connectivity index (χ1) is 9.15. The molecule has 0 atom stereocenters. The average Bonchev–Trinajstić information content (AvgIpc) is 2.41. The first kappa shape index (κ1) is 14.0. The molecular formula is C14H21N3O2. The van der Waals surface area contributed by atoms with Crippen molar-refractivity contribution < 1.29 is 9.53 Å². The zero-order valence-corrected chi connectivity index (χ0v) is 11.3. The van der Waals surface area contributed by atoms with Gasteiger partial charge in [-0.3, -0.25) is 9.78 Å². The van der Waals surface area contributed by atoms with Crippen LogP contribution < -0.4 is 5.73 Å². The van der Waals surface area contributed by atoms with Crippen molar-refractivity contribution in [1.29, 1.82) is 0 Å². The molecule has 19 heavy (non-hydrogen) atoms. The number of hydrogen-bond acceptors (Lipinski definition) is 4. The van der Waals surface area contributed by atoms with Crippen LogP contribution in [0.1, 0.15) is 25.0 Å². The Balaban J connectivity index is 2.05. The molecule has 1 aromatic rings. The van der Waals surface area contributed by atoms with Crippen LogP contribution in [-0.4, -0.2) is 41.6 Å². The minimum atomic E-state index is -0.664. The maximum Gasteiger partial charge on any atom is 0.243 e. The molecule has 0 spiro atoms. The molecule has 1 saturated carbocycles. The topological polar surface area (TPSA) is 68.5 Å². The zero-order valence-electron chi connectivity index (χ0n) is 11.3. The van der Waals surface area contributed by atoms with E-state index in [0.29, 0.717) is 19.7 Å². The highest BCUT2D eigenvalue weighted by Crippen LogP contribution is 2.31. The molecule has 1 aliphatic rings. The molecule has 0 radical (unpaired) electrons. The van der Waals surface area contributed by atoms with Crippen LogP contribution in [0.5, 0.6) is 0 Å². The number of nitrogens with two attached hydrogens (primary N) is 1. The summed E-state index contributed by atoms with van der Waals surface area (Å²) >= 11 is 0. The van der Waals surface area contributed by atoms with Crippen LogP contribution in [0.25, 0.3) is 0 Å². The lowest BCUT2D eigenvalue weighted by Gasteiger charge is -2.40. The Morgan fingerprint density at radius 3 is 2.84 bits per heavy atom. The SMILES string of the molecule is COCCN(Cc1ccccn1)C(=O)C1(N)CCC1. The molecule has 104 valence electrons. The summed E-state index contributed by atoms with van der Waals surface area (Å²) in [6, 6.07) is 5.70. The second kappa shape index (κ2) is 6.12. The van der Waals surface area contributed by atoms with Crippen molar-refractivity contribution in [2.45, 2.75) is 31.3 Å². The normalized spacial score (nSPS) is 16.7. The predicted molar refractivity (Wildman–Crippen MR) is 72.3 cm³/mol. The number of rotatable bonds is 6. The van der Waals surface area contributed by atoms with Gasteiger partial charge in [-0.15, -0.1) is 0 Å². The Bertz CT molecular complexity index is 418. The van der Waals surface area contributed by atoms with Gasteiger partial charge in [-0.2, -0.15) is 0 Å². The van der Waals surface area contributed by atoms with Crippen molar-refractivity contribution >= 4 is 5.91 Å². The average molecular weight is 263 g/mol. The third kappa shape index (κ3) is 3.30. The minimum absolute atomic E-state index is 0.0152. The molecule has 0 saturated heterocycles. The Hall–Kier alpha value is -1.46. The van der Waals surface area contributed by atoms with Crippen molar-refractivity contribution in [3.05, 3.63) is 30.1 Å². The van der Waals surface area contributed by atoms with E-state index in [9.17, 15) is 4.79 Å². The first-order valence-electron chi connectivity index (χ1n) is 6.63. The number of pyridine rings is 1. The van der Waals surface area contributed by atoms with Crippen LogP contribution in [0.4, 0.5) is 0 Å². The molecule has 1 amide bonds. The van der Waals surface area contributed by atoms with Gasteiger partial charge in [0.25, 0.3) is 0 Å². The number of carbonyl (C=O) groups excluding carboxylic acids is 1. The molecule has 1 heterocycles. The van der Waals surface area contributed by atoms with Gasteiger partial charge in [0.2, 0.25) is 5.91 Å². The van der Waals surface area contributed by atoms with E-state index >= 15 is 0 Å². The zero-order chi connectivity index (χ0) is 13.7. The van der Waals surface area contributed by atoms with E-state index in [4.69, 9.17) is 10.5 Å². The summed E-state index contributed by atoms with van der Waals surface area (Å²) in [7, 11) is 1.63. The summed E-state index contributed by atoms with van der Waals surface area (Å²) in [5.41, 5.74) is 6.33. The number of amides is 1. The molecule has 2 N–H and O–H groups in total. The third-order valence-corrected chi connectivity index (χ3v) is 3.60. The van der Waals surface area contributed by atoms with E-state index in [1.807, 2.05) is 18.2 Å². The van der Waals surface area contributed by atoms with Crippen LogP contribution in [-0.2, 0) is 16.1 Å². The monoisotopic (exact) mass is 263 g/mol. The first-order valence-corrected chi connectivity index (χ1v) is 6.63. The highest BCUT2D eigenvalue weighted by molar-refractivity contribution is 5.87. The number of carbonyl (C=O) groups is 1. The predicted octanol–water partition coefficient (Wildman–Crippen LogP) is 0.938. The van der Waals surface area contributed by atoms with Crippen molar-refractivity contribution in [2.75, 3.05) is 20.3 Å². The van der Waals surface area contributed by atoms with Gasteiger partial charge in [0, 0.05) is 19.9 Å². The van der Waals surface area contributed by atoms with Crippen LogP contribution in [0.2, 0.25) is 0 Å². The van der Waals surface area contributed by atoms with E-state index in [0.717, 1.165) is 25.0 Å². The largest absolute Gasteiger partial charge is 0.383 e. The number of ether oxygens (including phenoxy) is 1. The van der Waals surface area contributed by atoms with E-state index in [-0.39, 0.29) is 5.91 Å². The van der Waals surface area contributed by atoms with Gasteiger partial charge in [0.05, 0.1) is 24.4 Å². The van der Waals surface area contributed by atoms with Gasteiger partial charge in [-0.05, 0) is 31.4 Å². The van der Waals surface area contributed by atoms with Crippen molar-refractivity contribution in [2.24, 2.45) is 5.73 Å². The van der Waals surface area contributed by atoms with Gasteiger partial charge in [-0.25, -0.2) is 0 Å². The molecule has 0 aliphatic heterocycles. The highest BCUT2D eigenvalue weighted by atomic mass is 16.5. The van der Waals surface area contributed by atoms with Crippen molar-refractivity contribution in [1.82, 2.24) is 9.88 Å². The van der Waals surface area contributed by atoms with E-state index in [1.165, 1.54) is 0 Å². The molecule has 0 bridgehead atoms. The molecule has 5 nitrogen and oxygen atoms in total. The van der Waals surface area contributed by atoms with Gasteiger partial charge < -0.3 is 15.4 Å². The molecule has 1 fully saturated rings. The molecule has 0 aromatic carbocycles. The van der Waals surface area contributed by atoms with Gasteiger partial charge in [0.15, 0.2) is 0 Å². The third-order valence-electron chi connectivity index (χ3n) is 3.60. The summed E-state index contributed by atoms with van der Waals surface area (Å²) in [6.07, 6.45) is 4.31. The smallest absolute Gasteiger partial charge is 0.243 e. The summed E-state index contributed by atoms with van der Waals surface area (Å²) in [6.45, 7) is 1.54. The van der Waals surface area contributed by atoms with Crippen LogP contribution in [0.15, 0.2) is 24.4 Å². The quantitative estimate of drug-likeness (QED) is 0.829. The summed E-state index contributed by atoms with van der Waals surface area (Å²) in [5, 5.41) is 0. The maximum absolute atomic E-state index is 12.5. The lowest BCUT2D eigenvalue weighted by atomic mass is 9.76. The van der Waals surface area contributed by atoms with E-state index in [1.54, 1.807) is 18.2 Å². The van der Waals surface area contributed by atoms with Crippen LogP contribution in [0.3, 0.4) is 0 Å². The Morgan fingerprint density at radius 1 is 1.53 bits per heavy atom. The summed E-state index contributed by atoms with van der Waals surface area (Å²) < 4.78 is 5.07. The maximum atomic E-state index is 12.5. The molecule has 5 heteroatoms. The summed E-state index contributed by atoms with van der Waals surface area (Å²) in [5.74, 6) is 0.0152. The van der Waals surface area contributed by atoms with E-state index in [2.05, 4.69) is 4.98 Å². The van der Waals surface area contributed by atoms with Crippen molar-refractivity contribution in [3.63, 3.8) is 0 Å². The summed E-state index contributed by atoms with van der Waals surface area (Å²) in [4.78, 5) is 18.5. The number of aromatic nitrogens is 1. The molecule has 1 aliphatic carbocycles. The fraction of sp³-hybridized carbons (Fsp3) is 0.571. The molecule has 1 aromatic heterocycles. The Kier molecular flexibility index (Phi) is 4.50. The molecule has 2 rings (SSSR count). The lowest BCUT2D eigenvalue weighted by molar-refractivity contribution is -0.141. The molecular weight excluding hydrogens is 242 g/mol. The van der Waals surface area contributed by atoms with E-state index < -0.39 is 5.54 Å². The number of methoxy groups -OCH3 is 1. The fourth-order valence-corrected chi connectivity index (χ4v) is 2.23. The second-order valence-electron chi connectivity index (χ2n) is 5.05. The minimum Gasteiger partial charge on any atom is -0.383 e. The standard InChI is InChI=1S/C14H21N3O2/c1-19-10-9-17(11-12-5-2-3-8-16-12)13(18)14(15)6-4-7-14/h2-3,5,8H,4,6-7,9-11,15H2,1H3.